The Bertz CT molecular complexity index is 883. The van der Waals surface area contributed by atoms with Gasteiger partial charge in [0.25, 0.3) is 11.6 Å². The second-order valence-electron chi connectivity index (χ2n) is 5.86. The van der Waals surface area contributed by atoms with E-state index in [9.17, 15) is 14.9 Å². The van der Waals surface area contributed by atoms with Crippen molar-refractivity contribution in [2.24, 2.45) is 0 Å². The fourth-order valence-electron chi connectivity index (χ4n) is 2.84. The first-order valence-electron chi connectivity index (χ1n) is 7.86. The fourth-order valence-corrected chi connectivity index (χ4v) is 3.34. The number of carbonyl (C=O) groups excluding carboxylic acids is 1. The molecule has 1 aliphatic rings. The van der Waals surface area contributed by atoms with Crippen LogP contribution in [0.4, 0.5) is 17.1 Å². The molecule has 1 N–H and O–H groups in total. The average Bonchev–Trinajstić information content (AvgIpc) is 3.13. The van der Waals surface area contributed by atoms with Crippen molar-refractivity contribution in [2.45, 2.75) is 12.8 Å². The van der Waals surface area contributed by atoms with Crippen molar-refractivity contribution in [3.63, 3.8) is 0 Å². The number of nitrogens with zero attached hydrogens (tertiary/aromatic N) is 2. The summed E-state index contributed by atoms with van der Waals surface area (Å²) in [5.41, 5.74) is 0.970. The lowest BCUT2D eigenvalue weighted by Crippen LogP contribution is -2.20. The lowest BCUT2D eigenvalue weighted by atomic mass is 10.2. The summed E-state index contributed by atoms with van der Waals surface area (Å²) in [6.07, 6.45) is 1.93. The maximum atomic E-state index is 12.5. The molecule has 0 atom stereocenters. The molecule has 1 aliphatic heterocycles. The summed E-state index contributed by atoms with van der Waals surface area (Å²) in [7, 11) is 0. The Morgan fingerprint density at radius 1 is 1.04 bits per heavy atom. The minimum Gasteiger partial charge on any atom is -0.366 e. The van der Waals surface area contributed by atoms with Crippen LogP contribution in [0, 0.1) is 10.1 Å². The van der Waals surface area contributed by atoms with Crippen LogP contribution in [-0.2, 0) is 0 Å². The molecule has 136 valence electrons. The molecule has 0 unspecified atom stereocenters. The molecule has 2 aromatic carbocycles. The number of nitro benzene ring substituents is 1. The summed E-state index contributed by atoms with van der Waals surface area (Å²) in [6.45, 7) is 1.45. The van der Waals surface area contributed by atoms with E-state index in [4.69, 9.17) is 34.8 Å². The second kappa shape index (κ2) is 7.70. The third kappa shape index (κ3) is 3.87. The van der Waals surface area contributed by atoms with Gasteiger partial charge in [-0.25, -0.2) is 0 Å². The summed E-state index contributed by atoms with van der Waals surface area (Å²) >= 11 is 18.0. The SMILES string of the molecule is O=C(Nc1cc(N2CCCC2)c([N+](=O)[O-])cc1Cl)c1ccc(Cl)c(Cl)c1. The van der Waals surface area contributed by atoms with Gasteiger partial charge in [0.15, 0.2) is 0 Å². The van der Waals surface area contributed by atoms with Gasteiger partial charge < -0.3 is 10.2 Å². The van der Waals surface area contributed by atoms with Gasteiger partial charge in [0.05, 0.1) is 25.7 Å². The van der Waals surface area contributed by atoms with Gasteiger partial charge in [0, 0.05) is 24.7 Å². The van der Waals surface area contributed by atoms with Crippen LogP contribution in [-0.4, -0.2) is 23.9 Å². The van der Waals surface area contributed by atoms with Gasteiger partial charge in [-0.15, -0.1) is 0 Å². The van der Waals surface area contributed by atoms with E-state index in [-0.39, 0.29) is 15.7 Å². The Balaban J connectivity index is 1.93. The number of nitro groups is 1. The van der Waals surface area contributed by atoms with Gasteiger partial charge in [-0.05, 0) is 37.1 Å². The van der Waals surface area contributed by atoms with Crippen molar-refractivity contribution in [3.05, 3.63) is 61.1 Å². The number of nitrogens with one attached hydrogen (secondary N) is 1. The molecule has 6 nitrogen and oxygen atoms in total. The third-order valence-electron chi connectivity index (χ3n) is 4.14. The zero-order valence-electron chi connectivity index (χ0n) is 13.5. The standard InChI is InChI=1S/C17H14Cl3N3O3/c18-11-4-3-10(7-12(11)19)17(24)21-14-9-15(22-5-1-2-6-22)16(23(25)26)8-13(14)20/h3-4,7-9H,1-2,5-6H2,(H,21,24). The Labute approximate surface area is 164 Å². The molecule has 1 heterocycles. The zero-order chi connectivity index (χ0) is 18.8. The summed E-state index contributed by atoms with van der Waals surface area (Å²) in [6, 6.07) is 7.30. The minimum atomic E-state index is -0.468. The second-order valence-corrected chi connectivity index (χ2v) is 7.08. The van der Waals surface area contributed by atoms with Crippen molar-refractivity contribution >= 4 is 57.8 Å². The molecule has 0 spiro atoms. The predicted molar refractivity (Wildman–Crippen MR) is 104 cm³/mol. The van der Waals surface area contributed by atoms with Gasteiger partial charge in [0.1, 0.15) is 5.69 Å². The molecule has 9 heteroatoms. The summed E-state index contributed by atoms with van der Waals surface area (Å²) < 4.78 is 0. The van der Waals surface area contributed by atoms with Crippen LogP contribution in [0.15, 0.2) is 30.3 Å². The van der Waals surface area contributed by atoms with E-state index < -0.39 is 10.8 Å². The monoisotopic (exact) mass is 413 g/mol. The summed E-state index contributed by atoms with van der Waals surface area (Å²) in [5, 5.41) is 14.7. The minimum absolute atomic E-state index is 0.0792. The number of rotatable bonds is 4. The van der Waals surface area contributed by atoms with E-state index in [2.05, 4.69) is 5.32 Å². The predicted octanol–water partition coefficient (Wildman–Crippen LogP) is 5.41. The quantitative estimate of drug-likeness (QED) is 0.536. The van der Waals surface area contributed by atoms with Crippen LogP contribution in [0.2, 0.25) is 15.1 Å². The lowest BCUT2D eigenvalue weighted by molar-refractivity contribution is -0.384. The average molecular weight is 415 g/mol. The molecule has 2 aromatic rings. The van der Waals surface area contributed by atoms with E-state index >= 15 is 0 Å². The lowest BCUT2D eigenvalue weighted by Gasteiger charge is -2.19. The molecule has 1 amide bonds. The van der Waals surface area contributed by atoms with Crippen LogP contribution >= 0.6 is 34.8 Å². The van der Waals surface area contributed by atoms with Crippen LogP contribution in [0.25, 0.3) is 0 Å². The van der Waals surface area contributed by atoms with Gasteiger partial charge in [0.2, 0.25) is 0 Å². The molecule has 0 radical (unpaired) electrons. The molecule has 1 fully saturated rings. The van der Waals surface area contributed by atoms with Crippen LogP contribution in [0.3, 0.4) is 0 Å². The van der Waals surface area contributed by atoms with E-state index in [1.807, 2.05) is 4.90 Å². The summed E-state index contributed by atoms with van der Waals surface area (Å²) in [5.74, 6) is -0.438. The Morgan fingerprint density at radius 2 is 1.73 bits per heavy atom. The topological polar surface area (TPSA) is 75.5 Å². The Hall–Kier alpha value is -2.02. The maximum absolute atomic E-state index is 12.5. The van der Waals surface area contributed by atoms with Gasteiger partial charge in [-0.1, -0.05) is 34.8 Å². The number of benzene rings is 2. The largest absolute Gasteiger partial charge is 0.366 e. The number of anilines is 2. The molecule has 0 aromatic heterocycles. The highest BCUT2D eigenvalue weighted by atomic mass is 35.5. The molecule has 0 saturated carbocycles. The summed E-state index contributed by atoms with van der Waals surface area (Å²) in [4.78, 5) is 25.3. The van der Waals surface area contributed by atoms with E-state index in [0.29, 0.717) is 22.0 Å². The molecular formula is C17H14Cl3N3O3. The zero-order valence-corrected chi connectivity index (χ0v) is 15.7. The van der Waals surface area contributed by atoms with Gasteiger partial charge >= 0.3 is 0 Å². The third-order valence-corrected chi connectivity index (χ3v) is 5.19. The smallest absolute Gasteiger partial charge is 0.294 e. The number of halogens is 3. The van der Waals surface area contributed by atoms with Crippen LogP contribution in [0.1, 0.15) is 23.2 Å². The Kier molecular flexibility index (Phi) is 5.55. The number of amides is 1. The molecule has 0 bridgehead atoms. The highest BCUT2D eigenvalue weighted by Gasteiger charge is 2.25. The van der Waals surface area contributed by atoms with E-state index in [1.54, 1.807) is 6.07 Å². The van der Waals surface area contributed by atoms with Crippen molar-refractivity contribution in [3.8, 4) is 0 Å². The highest BCUT2D eigenvalue weighted by Crippen LogP contribution is 2.38. The Morgan fingerprint density at radius 3 is 2.35 bits per heavy atom. The van der Waals surface area contributed by atoms with E-state index in [0.717, 1.165) is 25.9 Å². The normalized spacial score (nSPS) is 13.7. The van der Waals surface area contributed by atoms with Crippen molar-refractivity contribution in [2.75, 3.05) is 23.3 Å². The number of carbonyl (C=O) groups is 1. The fraction of sp³-hybridized carbons (Fsp3) is 0.235. The molecule has 3 rings (SSSR count). The van der Waals surface area contributed by atoms with Gasteiger partial charge in [-0.2, -0.15) is 0 Å². The van der Waals surface area contributed by atoms with Crippen molar-refractivity contribution in [1.82, 2.24) is 0 Å². The molecular weight excluding hydrogens is 401 g/mol. The van der Waals surface area contributed by atoms with E-state index in [1.165, 1.54) is 24.3 Å². The van der Waals surface area contributed by atoms with Crippen molar-refractivity contribution in [1.29, 1.82) is 0 Å². The maximum Gasteiger partial charge on any atom is 0.294 e. The molecule has 1 saturated heterocycles. The first-order valence-corrected chi connectivity index (χ1v) is 8.99. The number of hydrogen-bond acceptors (Lipinski definition) is 4. The van der Waals surface area contributed by atoms with Crippen LogP contribution < -0.4 is 10.2 Å². The molecule has 26 heavy (non-hydrogen) atoms. The first kappa shape index (κ1) is 18.8. The van der Waals surface area contributed by atoms with Crippen LogP contribution in [0.5, 0.6) is 0 Å². The van der Waals surface area contributed by atoms with Crippen molar-refractivity contribution < 1.29 is 9.72 Å². The molecule has 0 aliphatic carbocycles. The highest BCUT2D eigenvalue weighted by molar-refractivity contribution is 6.42. The number of hydrogen-bond donors (Lipinski definition) is 1. The van der Waals surface area contributed by atoms with Gasteiger partial charge in [-0.3, -0.25) is 14.9 Å². The first-order chi connectivity index (χ1) is 12.4.